The molecule has 1 aliphatic heterocycles. The van der Waals surface area contributed by atoms with Gasteiger partial charge in [-0.15, -0.1) is 24.0 Å². The first-order valence-electron chi connectivity index (χ1n) is 8.90. The van der Waals surface area contributed by atoms with E-state index in [1.807, 2.05) is 13.8 Å². The largest absolute Gasteiger partial charge is 0.367 e. The summed E-state index contributed by atoms with van der Waals surface area (Å²) in [6.07, 6.45) is 1.56. The molecule has 2 unspecified atom stereocenters. The van der Waals surface area contributed by atoms with Gasteiger partial charge >= 0.3 is 0 Å². The average Bonchev–Trinajstić information content (AvgIpc) is 2.57. The molecule has 154 valence electrons. The quantitative estimate of drug-likeness (QED) is 0.274. The van der Waals surface area contributed by atoms with E-state index in [9.17, 15) is 12.8 Å². The summed E-state index contributed by atoms with van der Waals surface area (Å²) in [5.74, 6) is 0.617. The van der Waals surface area contributed by atoms with E-state index in [2.05, 4.69) is 15.2 Å². The number of benzene rings is 1. The topological polar surface area (TPSA) is 71.0 Å². The number of nitrogens with one attached hydrogen (secondary N) is 1. The van der Waals surface area contributed by atoms with Gasteiger partial charge < -0.3 is 15.0 Å². The van der Waals surface area contributed by atoms with Crippen molar-refractivity contribution in [2.24, 2.45) is 4.99 Å². The Morgan fingerprint density at radius 3 is 2.59 bits per heavy atom. The minimum Gasteiger partial charge on any atom is -0.367 e. The van der Waals surface area contributed by atoms with E-state index in [4.69, 9.17) is 4.74 Å². The number of nitrogens with zero attached hydrogens (tertiary/aromatic N) is 2. The van der Waals surface area contributed by atoms with E-state index >= 15 is 0 Å². The van der Waals surface area contributed by atoms with Crippen molar-refractivity contribution in [1.29, 1.82) is 0 Å². The van der Waals surface area contributed by atoms with Crippen LogP contribution in [0.5, 0.6) is 0 Å². The second-order valence-electron chi connectivity index (χ2n) is 6.61. The van der Waals surface area contributed by atoms with Crippen LogP contribution in [0.25, 0.3) is 0 Å². The lowest BCUT2D eigenvalue weighted by Crippen LogP contribution is -2.50. The molecule has 0 spiro atoms. The van der Waals surface area contributed by atoms with E-state index in [1.54, 1.807) is 12.1 Å². The van der Waals surface area contributed by atoms with Crippen molar-refractivity contribution in [3.63, 3.8) is 0 Å². The summed E-state index contributed by atoms with van der Waals surface area (Å²) < 4.78 is 41.7. The first-order chi connectivity index (χ1) is 12.3. The summed E-state index contributed by atoms with van der Waals surface area (Å²) in [6, 6.07) is 6.36. The maximum absolute atomic E-state index is 13.2. The Labute approximate surface area is 178 Å². The van der Waals surface area contributed by atoms with Crippen LogP contribution in [-0.4, -0.2) is 63.6 Å². The lowest BCUT2D eigenvalue weighted by atomic mass is 10.1. The molecule has 0 aliphatic carbocycles. The summed E-state index contributed by atoms with van der Waals surface area (Å²) in [7, 11) is -2.97. The standard InChI is InChI=1S/C18H28FN3O3S.HI/c1-4-20-18(21-10-5-11-26(3,23)24)22-12-14(2)25-17(13-22)15-6-8-16(19)9-7-15;/h6-9,14,17H,4-5,10-13H2,1-3H3,(H,20,21);1H. The van der Waals surface area contributed by atoms with Crippen LogP contribution in [0, 0.1) is 5.82 Å². The zero-order chi connectivity index (χ0) is 19.2. The number of sulfone groups is 1. The molecule has 2 rings (SSSR count). The van der Waals surface area contributed by atoms with Gasteiger partial charge in [-0.3, -0.25) is 4.99 Å². The molecule has 1 fully saturated rings. The molecule has 0 amide bonds. The first kappa shape index (κ1) is 24.1. The molecule has 0 saturated carbocycles. The van der Waals surface area contributed by atoms with Crippen molar-refractivity contribution in [2.45, 2.75) is 32.5 Å². The van der Waals surface area contributed by atoms with Gasteiger partial charge in [-0.1, -0.05) is 12.1 Å². The van der Waals surface area contributed by atoms with Crippen LogP contribution in [0.4, 0.5) is 4.39 Å². The second kappa shape index (κ2) is 11.2. The first-order valence-corrected chi connectivity index (χ1v) is 11.0. The predicted molar refractivity (Wildman–Crippen MR) is 117 cm³/mol. The van der Waals surface area contributed by atoms with Crippen molar-refractivity contribution < 1.29 is 17.5 Å². The number of ether oxygens (including phenoxy) is 1. The summed E-state index contributed by atoms with van der Waals surface area (Å²) in [6.45, 7) is 6.45. The van der Waals surface area contributed by atoms with Crippen LogP contribution < -0.4 is 5.32 Å². The molecule has 9 heteroatoms. The van der Waals surface area contributed by atoms with Crippen molar-refractivity contribution in [3.05, 3.63) is 35.6 Å². The Bertz CT molecular complexity index is 713. The van der Waals surface area contributed by atoms with Crippen LogP contribution >= 0.6 is 24.0 Å². The molecular formula is C18H29FIN3O3S. The van der Waals surface area contributed by atoms with Crippen molar-refractivity contribution in [2.75, 3.05) is 38.2 Å². The summed E-state index contributed by atoms with van der Waals surface area (Å²) >= 11 is 0. The highest BCUT2D eigenvalue weighted by Gasteiger charge is 2.28. The Balaban J connectivity index is 0.00000364. The number of aliphatic imine (C=N–C) groups is 1. The molecule has 1 aromatic rings. The SMILES string of the molecule is CCNC(=NCCCS(C)(=O)=O)N1CC(C)OC(c2ccc(F)cc2)C1.I. The van der Waals surface area contributed by atoms with Crippen LogP contribution in [0.1, 0.15) is 31.9 Å². The minimum atomic E-state index is -2.97. The van der Waals surface area contributed by atoms with Crippen molar-refractivity contribution in [3.8, 4) is 0 Å². The van der Waals surface area contributed by atoms with Gasteiger partial charge in [-0.05, 0) is 38.0 Å². The molecule has 1 saturated heterocycles. The van der Waals surface area contributed by atoms with Gasteiger partial charge in [0.25, 0.3) is 0 Å². The summed E-state index contributed by atoms with van der Waals surface area (Å²) in [4.78, 5) is 6.69. The monoisotopic (exact) mass is 513 g/mol. The Morgan fingerprint density at radius 2 is 2.00 bits per heavy atom. The third kappa shape index (κ3) is 8.30. The maximum atomic E-state index is 13.2. The van der Waals surface area contributed by atoms with Crippen LogP contribution in [0.3, 0.4) is 0 Å². The predicted octanol–water partition coefficient (Wildman–Crippen LogP) is 2.61. The Hall–Kier alpha value is -0.940. The molecule has 0 aromatic heterocycles. The lowest BCUT2D eigenvalue weighted by molar-refractivity contribution is -0.0605. The van der Waals surface area contributed by atoms with E-state index in [0.29, 0.717) is 26.1 Å². The molecule has 27 heavy (non-hydrogen) atoms. The Morgan fingerprint density at radius 1 is 1.33 bits per heavy atom. The molecule has 0 radical (unpaired) electrons. The van der Waals surface area contributed by atoms with Gasteiger partial charge in [0.15, 0.2) is 5.96 Å². The fraction of sp³-hybridized carbons (Fsp3) is 0.611. The zero-order valence-corrected chi connectivity index (χ0v) is 19.2. The normalized spacial score (nSPS) is 20.9. The molecule has 1 aliphatic rings. The molecule has 6 nitrogen and oxygen atoms in total. The number of morpholine rings is 1. The molecule has 1 heterocycles. The van der Waals surface area contributed by atoms with Gasteiger partial charge in [0, 0.05) is 25.9 Å². The maximum Gasteiger partial charge on any atom is 0.194 e. The molecule has 1 N–H and O–H groups in total. The summed E-state index contributed by atoms with van der Waals surface area (Å²) in [5.41, 5.74) is 0.927. The molecular weight excluding hydrogens is 484 g/mol. The number of hydrogen-bond acceptors (Lipinski definition) is 4. The van der Waals surface area contributed by atoms with E-state index in [1.165, 1.54) is 18.4 Å². The van der Waals surface area contributed by atoms with E-state index < -0.39 is 9.84 Å². The lowest BCUT2D eigenvalue weighted by Gasteiger charge is -2.38. The Kier molecular flexibility index (Phi) is 9.96. The van der Waals surface area contributed by atoms with Crippen molar-refractivity contribution in [1.82, 2.24) is 10.2 Å². The van der Waals surface area contributed by atoms with E-state index in [0.717, 1.165) is 18.1 Å². The number of guanidine groups is 1. The van der Waals surface area contributed by atoms with Gasteiger partial charge in [0.1, 0.15) is 21.8 Å². The number of rotatable bonds is 6. The second-order valence-corrected chi connectivity index (χ2v) is 8.87. The highest BCUT2D eigenvalue weighted by molar-refractivity contribution is 14.0. The minimum absolute atomic E-state index is 0. The fourth-order valence-electron chi connectivity index (χ4n) is 2.92. The van der Waals surface area contributed by atoms with Gasteiger partial charge in [0.2, 0.25) is 0 Å². The third-order valence-electron chi connectivity index (χ3n) is 4.07. The van der Waals surface area contributed by atoms with Gasteiger partial charge in [0.05, 0.1) is 18.4 Å². The molecule has 0 bridgehead atoms. The highest BCUT2D eigenvalue weighted by atomic mass is 127. The number of halogens is 2. The average molecular weight is 513 g/mol. The summed E-state index contributed by atoms with van der Waals surface area (Å²) in [5, 5.41) is 3.26. The van der Waals surface area contributed by atoms with Crippen LogP contribution in [0.2, 0.25) is 0 Å². The molecule has 2 atom stereocenters. The molecule has 1 aromatic carbocycles. The van der Waals surface area contributed by atoms with Gasteiger partial charge in [-0.25, -0.2) is 12.8 Å². The van der Waals surface area contributed by atoms with Crippen LogP contribution in [-0.2, 0) is 14.6 Å². The van der Waals surface area contributed by atoms with Crippen molar-refractivity contribution >= 4 is 39.8 Å². The number of hydrogen-bond donors (Lipinski definition) is 1. The smallest absolute Gasteiger partial charge is 0.194 e. The van der Waals surface area contributed by atoms with E-state index in [-0.39, 0.29) is 47.8 Å². The van der Waals surface area contributed by atoms with Crippen LogP contribution in [0.15, 0.2) is 29.3 Å². The highest BCUT2D eigenvalue weighted by Crippen LogP contribution is 2.25. The zero-order valence-electron chi connectivity index (χ0n) is 16.0. The third-order valence-corrected chi connectivity index (χ3v) is 5.10. The van der Waals surface area contributed by atoms with Gasteiger partial charge in [-0.2, -0.15) is 0 Å². The fourth-order valence-corrected chi connectivity index (χ4v) is 3.58.